The van der Waals surface area contributed by atoms with Crippen molar-refractivity contribution in [3.8, 4) is 17.4 Å². The summed E-state index contributed by atoms with van der Waals surface area (Å²) in [4.78, 5) is 48.8. The number of Topliss-reactive ketones (excluding diaryl/α,β-unsaturated/α-hetero) is 1. The van der Waals surface area contributed by atoms with Gasteiger partial charge in [0.05, 0.1) is 6.54 Å². The Bertz CT molecular complexity index is 1210. The van der Waals surface area contributed by atoms with E-state index in [0.29, 0.717) is 17.1 Å². The quantitative estimate of drug-likeness (QED) is 0.297. The molecule has 0 aliphatic carbocycles. The molecule has 8 nitrogen and oxygen atoms in total. The summed E-state index contributed by atoms with van der Waals surface area (Å²) >= 11 is 0. The average molecular weight is 432 g/mol. The van der Waals surface area contributed by atoms with Crippen LogP contribution in [0.3, 0.4) is 0 Å². The van der Waals surface area contributed by atoms with Gasteiger partial charge in [-0.3, -0.25) is 24.1 Å². The van der Waals surface area contributed by atoms with Crippen LogP contribution in [0.15, 0.2) is 57.5 Å². The molecule has 0 saturated heterocycles. The first kappa shape index (κ1) is 22.4. The predicted octanol–water partition coefficient (Wildman–Crippen LogP) is 3.30. The van der Waals surface area contributed by atoms with Crippen molar-refractivity contribution in [3.63, 3.8) is 0 Å². The summed E-state index contributed by atoms with van der Waals surface area (Å²) < 4.78 is 10.6. The molecule has 1 aliphatic heterocycles. The van der Waals surface area contributed by atoms with E-state index in [4.69, 9.17) is 9.15 Å². The average Bonchev–Trinajstić information content (AvgIpc) is 3.22. The lowest BCUT2D eigenvalue weighted by Gasteiger charge is -2.27. The third-order valence-electron chi connectivity index (χ3n) is 4.93. The maximum absolute atomic E-state index is 12.9. The van der Waals surface area contributed by atoms with Crippen molar-refractivity contribution in [1.29, 1.82) is 5.26 Å². The number of hydrogen-bond acceptors (Lipinski definition) is 7. The number of esters is 1. The lowest BCUT2D eigenvalue weighted by Crippen LogP contribution is -2.44. The molecule has 2 heterocycles. The van der Waals surface area contributed by atoms with Gasteiger partial charge < -0.3 is 9.15 Å². The molecule has 1 aromatic heterocycles. The van der Waals surface area contributed by atoms with Gasteiger partial charge in [-0.1, -0.05) is 24.3 Å². The molecule has 0 spiro atoms. The fourth-order valence-electron chi connectivity index (χ4n) is 3.21. The Kier molecular flexibility index (Phi) is 6.50. The van der Waals surface area contributed by atoms with Crippen LogP contribution in [0.5, 0.6) is 0 Å². The number of furan rings is 1. The van der Waals surface area contributed by atoms with Crippen LogP contribution in [0.25, 0.3) is 17.4 Å². The molecule has 1 aliphatic rings. The highest BCUT2D eigenvalue weighted by Gasteiger charge is 2.35. The molecular weight excluding hydrogens is 412 g/mol. The van der Waals surface area contributed by atoms with Gasteiger partial charge >= 0.3 is 5.97 Å². The number of ketones is 1. The first-order valence-corrected chi connectivity index (χ1v) is 9.76. The Hall–Kier alpha value is -4.25. The monoisotopic (exact) mass is 432 g/mol. The molecule has 3 rings (SSSR count). The van der Waals surface area contributed by atoms with Gasteiger partial charge in [-0.25, -0.2) is 0 Å². The molecule has 0 fully saturated rings. The zero-order valence-electron chi connectivity index (χ0n) is 17.8. The third-order valence-corrected chi connectivity index (χ3v) is 4.93. The summed E-state index contributed by atoms with van der Waals surface area (Å²) in [5.74, 6) is -1.04. The zero-order chi connectivity index (χ0) is 23.4. The molecule has 8 heteroatoms. The Labute approximate surface area is 184 Å². The van der Waals surface area contributed by atoms with Crippen molar-refractivity contribution < 1.29 is 28.3 Å². The Balaban J connectivity index is 1.92. The zero-order valence-corrected chi connectivity index (χ0v) is 17.8. The number of benzene rings is 1. The van der Waals surface area contributed by atoms with Gasteiger partial charge in [-0.2, -0.15) is 5.26 Å². The van der Waals surface area contributed by atoms with E-state index in [-0.39, 0.29) is 35.7 Å². The van der Waals surface area contributed by atoms with E-state index in [1.165, 1.54) is 26.8 Å². The van der Waals surface area contributed by atoms with Crippen LogP contribution in [0.4, 0.5) is 0 Å². The highest BCUT2D eigenvalue weighted by molar-refractivity contribution is 6.19. The van der Waals surface area contributed by atoms with Crippen LogP contribution in [0, 0.1) is 11.3 Å². The first-order chi connectivity index (χ1) is 15.2. The second-order valence-electron chi connectivity index (χ2n) is 7.11. The Morgan fingerprint density at radius 3 is 2.38 bits per heavy atom. The van der Waals surface area contributed by atoms with Gasteiger partial charge in [0.1, 0.15) is 29.8 Å². The number of amides is 2. The predicted molar refractivity (Wildman–Crippen MR) is 114 cm³/mol. The summed E-state index contributed by atoms with van der Waals surface area (Å²) in [5.41, 5.74) is 1.55. The maximum atomic E-state index is 12.9. The molecular formula is C24H20N2O6. The Morgan fingerprint density at radius 1 is 1.09 bits per heavy atom. The maximum Gasteiger partial charge on any atom is 0.302 e. The normalized spacial score (nSPS) is 15.2. The third kappa shape index (κ3) is 4.57. The highest BCUT2D eigenvalue weighted by Crippen LogP contribution is 2.29. The van der Waals surface area contributed by atoms with E-state index in [2.05, 4.69) is 0 Å². The number of rotatable bonds is 6. The number of nitriles is 1. The van der Waals surface area contributed by atoms with Crippen LogP contribution in [-0.2, 0) is 19.1 Å². The molecule has 2 amide bonds. The molecule has 0 unspecified atom stereocenters. The van der Waals surface area contributed by atoms with Crippen molar-refractivity contribution in [2.75, 3.05) is 13.2 Å². The molecule has 1 aromatic carbocycles. The highest BCUT2D eigenvalue weighted by atomic mass is 16.5. The van der Waals surface area contributed by atoms with E-state index in [1.807, 2.05) is 6.07 Å². The topological polar surface area (TPSA) is 118 Å². The van der Waals surface area contributed by atoms with Gasteiger partial charge in [-0.15, -0.1) is 0 Å². The number of carbonyl (C=O) groups excluding carboxylic acids is 4. The van der Waals surface area contributed by atoms with Crippen molar-refractivity contribution in [2.24, 2.45) is 0 Å². The summed E-state index contributed by atoms with van der Waals surface area (Å²) in [6, 6.07) is 12.1. The minimum Gasteiger partial charge on any atom is -0.464 e. The lowest BCUT2D eigenvalue weighted by molar-refractivity contribution is -0.147. The van der Waals surface area contributed by atoms with E-state index < -0.39 is 17.8 Å². The first-order valence-electron chi connectivity index (χ1n) is 9.76. The molecule has 0 radical (unpaired) electrons. The van der Waals surface area contributed by atoms with Crippen molar-refractivity contribution in [1.82, 2.24) is 4.90 Å². The van der Waals surface area contributed by atoms with E-state index >= 15 is 0 Å². The SMILES string of the molecule is CC(=O)OCCN1C(=O)C(C#N)=C(C)/C(=C\c2ccc(-c3ccc(C(C)=O)cc3)o2)C1=O. The van der Waals surface area contributed by atoms with Crippen molar-refractivity contribution >= 4 is 29.6 Å². The molecule has 32 heavy (non-hydrogen) atoms. The van der Waals surface area contributed by atoms with Crippen LogP contribution >= 0.6 is 0 Å². The minimum absolute atomic E-state index is 0.0411. The van der Waals surface area contributed by atoms with E-state index in [0.717, 1.165) is 10.5 Å². The molecule has 0 atom stereocenters. The van der Waals surface area contributed by atoms with Crippen molar-refractivity contribution in [2.45, 2.75) is 20.8 Å². The molecule has 162 valence electrons. The van der Waals surface area contributed by atoms with Gasteiger partial charge in [0, 0.05) is 23.6 Å². The molecule has 2 aromatic rings. The van der Waals surface area contributed by atoms with E-state index in [9.17, 15) is 24.4 Å². The second-order valence-corrected chi connectivity index (χ2v) is 7.11. The Morgan fingerprint density at radius 2 is 1.78 bits per heavy atom. The van der Waals surface area contributed by atoms with Gasteiger partial charge in [0.2, 0.25) is 0 Å². The van der Waals surface area contributed by atoms with Gasteiger partial charge in [-0.05, 0) is 37.6 Å². The molecule has 0 N–H and O–H groups in total. The number of nitrogens with zero attached hydrogens (tertiary/aromatic N) is 2. The summed E-state index contributed by atoms with van der Waals surface area (Å²) in [7, 11) is 0. The lowest BCUT2D eigenvalue weighted by atomic mass is 9.94. The number of hydrogen-bond donors (Lipinski definition) is 0. The van der Waals surface area contributed by atoms with Crippen LogP contribution < -0.4 is 0 Å². The standard InChI is InChI=1S/C24H20N2O6/c1-14-20(23(29)26(10-11-31-16(3)28)24(30)21(14)13-25)12-19-8-9-22(32-19)18-6-4-17(5-7-18)15(2)27/h4-9,12H,10-11H2,1-3H3/b20-12+. The molecule has 0 saturated carbocycles. The smallest absolute Gasteiger partial charge is 0.302 e. The van der Waals surface area contributed by atoms with Gasteiger partial charge in [0.25, 0.3) is 11.8 Å². The largest absolute Gasteiger partial charge is 0.464 e. The number of imide groups is 1. The summed E-state index contributed by atoms with van der Waals surface area (Å²) in [5, 5.41) is 9.42. The number of ether oxygens (including phenoxy) is 1. The van der Waals surface area contributed by atoms with Crippen molar-refractivity contribution in [3.05, 3.63) is 64.4 Å². The molecule has 0 bridgehead atoms. The van der Waals surface area contributed by atoms with E-state index in [1.54, 1.807) is 36.4 Å². The summed E-state index contributed by atoms with van der Waals surface area (Å²) in [6.07, 6.45) is 1.47. The van der Waals surface area contributed by atoms with Crippen LogP contribution in [-0.4, -0.2) is 41.6 Å². The summed E-state index contributed by atoms with van der Waals surface area (Å²) in [6.45, 7) is 3.89. The number of carbonyl (C=O) groups is 4. The van der Waals surface area contributed by atoms with Crippen LogP contribution in [0.2, 0.25) is 0 Å². The second kappa shape index (κ2) is 9.27. The van der Waals surface area contributed by atoms with Crippen LogP contribution in [0.1, 0.15) is 36.9 Å². The minimum atomic E-state index is -0.731. The fraction of sp³-hybridized carbons (Fsp3) is 0.208. The van der Waals surface area contributed by atoms with Gasteiger partial charge in [0.15, 0.2) is 5.78 Å². The fourth-order valence-corrected chi connectivity index (χ4v) is 3.21.